The van der Waals surface area contributed by atoms with Crippen molar-refractivity contribution in [3.05, 3.63) is 124 Å². The van der Waals surface area contributed by atoms with Crippen molar-refractivity contribution >= 4 is 63.5 Å². The second kappa shape index (κ2) is 13.4. The first-order chi connectivity index (χ1) is 24.4. The highest BCUT2D eigenvalue weighted by atomic mass is 35.5. The van der Waals surface area contributed by atoms with Gasteiger partial charge in [0, 0.05) is 66.2 Å². The molecule has 0 unspecified atom stereocenters. The number of carbonyl (C=O) groups is 3. The van der Waals surface area contributed by atoms with Crippen molar-refractivity contribution in [2.24, 2.45) is 5.41 Å². The number of nitrogens with zero attached hydrogens (tertiary/aromatic N) is 3. The lowest BCUT2D eigenvalue weighted by molar-refractivity contribution is -0.000510. The molecule has 0 saturated carbocycles. The standard InChI is InChI=1S/C39H34ClN5O4S/c40-30-8-2-3-9-31(30)43-37(47)33-22-26-15-19-45(32-10-4-1-6-28(32)34(26)50-33)38(48)25-11-13-27(14-12-25)42-36(46)29-7-5-18-41-35(29)44-23-39(24-44)16-20-49-21-17-39/h1-14,18,22H,15-17,19-21,23-24H2,(H,42,46)(H,43,47). The van der Waals surface area contributed by atoms with E-state index in [-0.39, 0.29) is 23.1 Å². The van der Waals surface area contributed by atoms with Gasteiger partial charge in [-0.05, 0) is 85.5 Å². The lowest BCUT2D eigenvalue weighted by Gasteiger charge is -2.53. The SMILES string of the molecule is O=C(Nc1ccccc1Cl)c1cc2c(s1)-c1ccccc1N(C(=O)c1ccc(NC(=O)c3cccnc3N3CC4(CCOCC4)C3)cc1)CC2. The normalized spacial score (nSPS) is 16.1. The molecule has 0 radical (unpaired) electrons. The van der Waals surface area contributed by atoms with E-state index in [2.05, 4.69) is 20.5 Å². The molecule has 252 valence electrons. The molecule has 50 heavy (non-hydrogen) atoms. The first-order valence-electron chi connectivity index (χ1n) is 16.7. The maximum Gasteiger partial charge on any atom is 0.265 e. The highest BCUT2D eigenvalue weighted by Gasteiger charge is 2.45. The number of anilines is 4. The zero-order valence-electron chi connectivity index (χ0n) is 27.2. The van der Waals surface area contributed by atoms with Crippen LogP contribution >= 0.6 is 22.9 Å². The average Bonchev–Trinajstić information content (AvgIpc) is 3.50. The van der Waals surface area contributed by atoms with Crippen LogP contribution in [0.4, 0.5) is 22.9 Å². The number of para-hydroxylation sites is 2. The Morgan fingerprint density at radius 3 is 2.42 bits per heavy atom. The molecule has 8 rings (SSSR count). The monoisotopic (exact) mass is 703 g/mol. The Balaban J connectivity index is 0.966. The summed E-state index contributed by atoms with van der Waals surface area (Å²) in [7, 11) is 0. The third kappa shape index (κ3) is 6.15. The van der Waals surface area contributed by atoms with Crippen molar-refractivity contribution in [3.8, 4) is 10.4 Å². The van der Waals surface area contributed by atoms with Crippen molar-refractivity contribution < 1.29 is 19.1 Å². The Kier molecular flexibility index (Phi) is 8.60. The molecule has 0 aliphatic carbocycles. The number of rotatable bonds is 6. The molecular formula is C39H34ClN5O4S. The lowest BCUT2D eigenvalue weighted by atomic mass is 9.73. The number of halogens is 1. The molecule has 2 N–H and O–H groups in total. The van der Waals surface area contributed by atoms with Gasteiger partial charge in [0.1, 0.15) is 5.82 Å². The minimum absolute atomic E-state index is 0.142. The van der Waals surface area contributed by atoms with Gasteiger partial charge in [0.25, 0.3) is 17.7 Å². The van der Waals surface area contributed by atoms with Crippen LogP contribution in [0.25, 0.3) is 10.4 Å². The predicted octanol–water partition coefficient (Wildman–Crippen LogP) is 7.79. The highest BCUT2D eigenvalue weighted by molar-refractivity contribution is 7.17. The van der Waals surface area contributed by atoms with E-state index in [1.165, 1.54) is 11.3 Å². The Hall–Kier alpha value is -5.03. The summed E-state index contributed by atoms with van der Waals surface area (Å²) in [5, 5.41) is 6.38. The van der Waals surface area contributed by atoms with Crippen molar-refractivity contribution in [1.82, 2.24) is 4.98 Å². The molecule has 5 aromatic rings. The second-order valence-electron chi connectivity index (χ2n) is 13.0. The zero-order chi connectivity index (χ0) is 34.2. The van der Waals surface area contributed by atoms with Crippen LogP contribution in [0.5, 0.6) is 0 Å². The topological polar surface area (TPSA) is 104 Å². The molecule has 3 aliphatic heterocycles. The number of fused-ring (bicyclic) bond motifs is 3. The fourth-order valence-corrected chi connectivity index (χ4v) is 8.40. The van der Waals surface area contributed by atoms with Gasteiger partial charge in [-0.15, -0.1) is 11.3 Å². The van der Waals surface area contributed by atoms with Gasteiger partial charge in [-0.3, -0.25) is 14.4 Å². The predicted molar refractivity (Wildman–Crippen MR) is 198 cm³/mol. The molecule has 3 aromatic carbocycles. The molecule has 9 nitrogen and oxygen atoms in total. The van der Waals surface area contributed by atoms with Crippen LogP contribution in [0.1, 0.15) is 48.8 Å². The Bertz CT molecular complexity index is 2100. The van der Waals surface area contributed by atoms with E-state index in [9.17, 15) is 14.4 Å². The van der Waals surface area contributed by atoms with Gasteiger partial charge in [0.05, 0.1) is 26.8 Å². The summed E-state index contributed by atoms with van der Waals surface area (Å²) in [6.07, 6.45) is 4.37. The van der Waals surface area contributed by atoms with Crippen LogP contribution in [0, 0.1) is 5.41 Å². The van der Waals surface area contributed by atoms with Gasteiger partial charge in [-0.2, -0.15) is 0 Å². The number of nitrogens with one attached hydrogen (secondary N) is 2. The van der Waals surface area contributed by atoms with E-state index in [0.29, 0.717) is 51.2 Å². The van der Waals surface area contributed by atoms with Crippen molar-refractivity contribution in [3.63, 3.8) is 0 Å². The number of ether oxygens (including phenoxy) is 1. The van der Waals surface area contributed by atoms with Crippen LogP contribution < -0.4 is 20.4 Å². The summed E-state index contributed by atoms with van der Waals surface area (Å²) >= 11 is 7.68. The molecule has 2 fully saturated rings. The van der Waals surface area contributed by atoms with Crippen LogP contribution in [0.2, 0.25) is 5.02 Å². The van der Waals surface area contributed by atoms with E-state index in [4.69, 9.17) is 16.3 Å². The number of benzene rings is 3. The number of pyridine rings is 1. The minimum atomic E-state index is -0.243. The number of hydrogen-bond donors (Lipinski definition) is 2. The number of aromatic nitrogens is 1. The molecule has 0 atom stereocenters. The van der Waals surface area contributed by atoms with Gasteiger partial charge < -0.3 is 25.2 Å². The van der Waals surface area contributed by atoms with Crippen LogP contribution in [0.15, 0.2) is 97.2 Å². The number of thiophene rings is 1. The first kappa shape index (κ1) is 32.2. The zero-order valence-corrected chi connectivity index (χ0v) is 28.7. The third-order valence-corrected chi connectivity index (χ3v) is 11.3. The van der Waals surface area contributed by atoms with Crippen molar-refractivity contribution in [2.45, 2.75) is 19.3 Å². The molecule has 5 heterocycles. The van der Waals surface area contributed by atoms with Crippen LogP contribution in [-0.2, 0) is 11.2 Å². The van der Waals surface area contributed by atoms with Gasteiger partial charge in [0.2, 0.25) is 0 Å². The van der Waals surface area contributed by atoms with Gasteiger partial charge >= 0.3 is 0 Å². The Morgan fingerprint density at radius 1 is 0.860 bits per heavy atom. The van der Waals surface area contributed by atoms with E-state index >= 15 is 0 Å². The fraction of sp³-hybridized carbons (Fsp3) is 0.231. The summed E-state index contributed by atoms with van der Waals surface area (Å²) in [5.41, 5.74) is 5.12. The molecule has 0 bridgehead atoms. The highest BCUT2D eigenvalue weighted by Crippen LogP contribution is 2.43. The smallest absolute Gasteiger partial charge is 0.265 e. The molecule has 2 saturated heterocycles. The van der Waals surface area contributed by atoms with Gasteiger partial charge in [0.15, 0.2) is 0 Å². The minimum Gasteiger partial charge on any atom is -0.381 e. The summed E-state index contributed by atoms with van der Waals surface area (Å²) in [5.74, 6) is 0.0807. The lowest BCUT2D eigenvalue weighted by Crippen LogP contribution is -2.59. The maximum atomic E-state index is 14.0. The Morgan fingerprint density at radius 2 is 1.62 bits per heavy atom. The summed E-state index contributed by atoms with van der Waals surface area (Å²) in [6.45, 7) is 3.76. The van der Waals surface area contributed by atoms with Gasteiger partial charge in [-0.25, -0.2) is 4.98 Å². The molecule has 2 aromatic heterocycles. The van der Waals surface area contributed by atoms with Gasteiger partial charge in [-0.1, -0.05) is 41.9 Å². The molecule has 11 heteroatoms. The second-order valence-corrected chi connectivity index (χ2v) is 14.5. The van der Waals surface area contributed by atoms with E-state index in [1.54, 1.807) is 59.6 Å². The summed E-state index contributed by atoms with van der Waals surface area (Å²) in [4.78, 5) is 50.7. The molecular weight excluding hydrogens is 670 g/mol. The molecule has 3 amide bonds. The largest absolute Gasteiger partial charge is 0.381 e. The number of hydrogen-bond acceptors (Lipinski definition) is 7. The molecule has 3 aliphatic rings. The van der Waals surface area contributed by atoms with E-state index in [0.717, 1.165) is 60.8 Å². The van der Waals surface area contributed by atoms with E-state index in [1.807, 2.05) is 42.5 Å². The third-order valence-electron chi connectivity index (χ3n) is 9.77. The van der Waals surface area contributed by atoms with Crippen molar-refractivity contribution in [2.75, 3.05) is 53.3 Å². The summed E-state index contributed by atoms with van der Waals surface area (Å²) in [6, 6.07) is 27.4. The number of amides is 3. The fourth-order valence-electron chi connectivity index (χ4n) is 7.08. The van der Waals surface area contributed by atoms with Crippen LogP contribution in [0.3, 0.4) is 0 Å². The first-order valence-corrected chi connectivity index (χ1v) is 17.9. The number of carbonyl (C=O) groups excluding carboxylic acids is 3. The quantitative estimate of drug-likeness (QED) is 0.187. The average molecular weight is 704 g/mol. The summed E-state index contributed by atoms with van der Waals surface area (Å²) < 4.78 is 5.55. The molecule has 1 spiro atoms. The van der Waals surface area contributed by atoms with E-state index < -0.39 is 0 Å². The maximum absolute atomic E-state index is 14.0. The Labute approximate surface area is 298 Å². The van der Waals surface area contributed by atoms with Crippen molar-refractivity contribution in [1.29, 1.82) is 0 Å². The van der Waals surface area contributed by atoms with Crippen LogP contribution in [-0.4, -0.2) is 55.6 Å².